The molecule has 12 heavy (non-hydrogen) atoms. The first kappa shape index (κ1) is 9.86. The molecule has 0 aromatic carbocycles. The van der Waals surface area contributed by atoms with Gasteiger partial charge in [0.15, 0.2) is 0 Å². The molecule has 1 saturated heterocycles. The Morgan fingerprint density at radius 3 is 2.58 bits per heavy atom. The van der Waals surface area contributed by atoms with Gasteiger partial charge in [-0.15, -0.1) is 0 Å². The number of primary amides is 1. The van der Waals surface area contributed by atoms with Gasteiger partial charge in [0.1, 0.15) is 0 Å². The van der Waals surface area contributed by atoms with Crippen LogP contribution in [0.1, 0.15) is 12.8 Å². The van der Waals surface area contributed by atoms with Crippen LogP contribution >= 0.6 is 11.8 Å². The number of nitrogens with zero attached hydrogens (tertiary/aromatic N) is 1. The molecular weight excluding hydrogens is 172 g/mol. The van der Waals surface area contributed by atoms with Crippen molar-refractivity contribution in [3.05, 3.63) is 0 Å². The van der Waals surface area contributed by atoms with Gasteiger partial charge in [-0.25, -0.2) is 0 Å². The van der Waals surface area contributed by atoms with Crippen LogP contribution in [-0.4, -0.2) is 41.9 Å². The molecule has 1 amide bonds. The lowest BCUT2D eigenvalue weighted by Gasteiger charge is -2.29. The predicted octanol–water partition coefficient (Wildman–Crippen LogP) is 0.299. The highest BCUT2D eigenvalue weighted by atomic mass is 32.2. The molecule has 0 aromatic rings. The summed E-state index contributed by atoms with van der Waals surface area (Å²) in [7, 11) is 0. The van der Waals surface area contributed by atoms with Crippen molar-refractivity contribution in [2.24, 2.45) is 5.73 Å². The van der Waals surface area contributed by atoms with Gasteiger partial charge < -0.3 is 5.73 Å². The lowest BCUT2D eigenvalue weighted by atomic mass is 10.1. The van der Waals surface area contributed by atoms with E-state index >= 15 is 0 Å². The maximum atomic E-state index is 10.6. The van der Waals surface area contributed by atoms with Crippen LogP contribution in [0.5, 0.6) is 0 Å². The summed E-state index contributed by atoms with van der Waals surface area (Å²) in [6.45, 7) is 2.48. The van der Waals surface area contributed by atoms with Crippen LogP contribution in [0.3, 0.4) is 0 Å². The highest BCUT2D eigenvalue weighted by Crippen LogP contribution is 2.20. The summed E-state index contributed by atoms with van der Waals surface area (Å²) in [6, 6.07) is 0. The molecule has 0 aliphatic carbocycles. The van der Waals surface area contributed by atoms with E-state index in [1.165, 1.54) is 12.8 Å². The number of rotatable bonds is 3. The number of thioether (sulfide) groups is 1. The Labute approximate surface area is 77.7 Å². The number of nitrogens with two attached hydrogens (primary N) is 1. The van der Waals surface area contributed by atoms with Crippen molar-refractivity contribution in [1.29, 1.82) is 0 Å². The van der Waals surface area contributed by atoms with Crippen molar-refractivity contribution in [2.45, 2.75) is 18.1 Å². The van der Waals surface area contributed by atoms with Crippen LogP contribution < -0.4 is 5.73 Å². The normalized spacial score (nSPS) is 21.1. The molecule has 0 spiro atoms. The van der Waals surface area contributed by atoms with E-state index in [2.05, 4.69) is 11.2 Å². The minimum absolute atomic E-state index is 0.211. The topological polar surface area (TPSA) is 46.3 Å². The third-order valence-corrected chi connectivity index (χ3v) is 3.39. The lowest BCUT2D eigenvalue weighted by molar-refractivity contribution is -0.119. The molecule has 0 unspecified atom stereocenters. The molecule has 3 nitrogen and oxygen atoms in total. The number of carbonyl (C=O) groups is 1. The third-order valence-electron chi connectivity index (χ3n) is 2.25. The molecule has 0 radical (unpaired) electrons. The number of carbonyl (C=O) groups excluding carboxylic acids is 1. The van der Waals surface area contributed by atoms with Gasteiger partial charge in [-0.1, -0.05) is 0 Å². The van der Waals surface area contributed by atoms with E-state index in [1.807, 2.05) is 11.8 Å². The Morgan fingerprint density at radius 1 is 1.58 bits per heavy atom. The van der Waals surface area contributed by atoms with Gasteiger partial charge in [-0.2, -0.15) is 11.8 Å². The molecule has 0 atom stereocenters. The standard InChI is InChI=1S/C8H16N2OS/c1-12-7-2-4-10(5-3-7)6-8(9)11/h7H,2-6H2,1H3,(H2,9,11). The van der Waals surface area contributed by atoms with Crippen molar-refractivity contribution >= 4 is 17.7 Å². The lowest BCUT2D eigenvalue weighted by Crippen LogP contribution is -2.40. The number of hydrogen-bond donors (Lipinski definition) is 1. The summed E-state index contributed by atoms with van der Waals surface area (Å²) in [5.41, 5.74) is 5.10. The second-order valence-electron chi connectivity index (χ2n) is 3.18. The van der Waals surface area contributed by atoms with Crippen molar-refractivity contribution in [3.8, 4) is 0 Å². The predicted molar refractivity (Wildman–Crippen MR) is 52.2 cm³/mol. The number of piperidine rings is 1. The highest BCUT2D eigenvalue weighted by molar-refractivity contribution is 7.99. The Balaban J connectivity index is 2.21. The summed E-state index contributed by atoms with van der Waals surface area (Å²) in [4.78, 5) is 12.7. The zero-order valence-corrected chi connectivity index (χ0v) is 8.27. The average molecular weight is 188 g/mol. The van der Waals surface area contributed by atoms with Gasteiger partial charge in [-0.05, 0) is 32.2 Å². The largest absolute Gasteiger partial charge is 0.369 e. The van der Waals surface area contributed by atoms with E-state index in [4.69, 9.17) is 5.73 Å². The van der Waals surface area contributed by atoms with Gasteiger partial charge in [0, 0.05) is 5.25 Å². The Kier molecular flexibility index (Phi) is 3.88. The fraction of sp³-hybridized carbons (Fsp3) is 0.875. The van der Waals surface area contributed by atoms with E-state index in [0.29, 0.717) is 6.54 Å². The zero-order chi connectivity index (χ0) is 8.97. The smallest absolute Gasteiger partial charge is 0.231 e. The summed E-state index contributed by atoms with van der Waals surface area (Å²) >= 11 is 1.92. The van der Waals surface area contributed by atoms with E-state index in [0.717, 1.165) is 18.3 Å². The second kappa shape index (κ2) is 4.72. The van der Waals surface area contributed by atoms with Gasteiger partial charge in [0.05, 0.1) is 6.54 Å². The molecule has 1 fully saturated rings. The molecule has 0 aromatic heterocycles. The summed E-state index contributed by atoms with van der Waals surface area (Å²) in [5.74, 6) is -0.211. The Hall–Kier alpha value is -0.220. The summed E-state index contributed by atoms with van der Waals surface area (Å²) < 4.78 is 0. The Bertz CT molecular complexity index is 155. The molecule has 0 bridgehead atoms. The molecular formula is C8H16N2OS. The second-order valence-corrected chi connectivity index (χ2v) is 4.32. The van der Waals surface area contributed by atoms with E-state index in [-0.39, 0.29) is 5.91 Å². The Morgan fingerprint density at radius 2 is 2.17 bits per heavy atom. The van der Waals surface area contributed by atoms with Gasteiger partial charge in [0.2, 0.25) is 5.91 Å². The van der Waals surface area contributed by atoms with Crippen molar-refractivity contribution in [2.75, 3.05) is 25.9 Å². The minimum atomic E-state index is -0.211. The van der Waals surface area contributed by atoms with Crippen LogP contribution in [0.2, 0.25) is 0 Å². The molecule has 1 aliphatic rings. The zero-order valence-electron chi connectivity index (χ0n) is 7.45. The van der Waals surface area contributed by atoms with Crippen molar-refractivity contribution < 1.29 is 4.79 Å². The fourth-order valence-corrected chi connectivity index (χ4v) is 2.21. The first-order valence-electron chi connectivity index (χ1n) is 4.26. The molecule has 0 saturated carbocycles. The number of amides is 1. The first-order chi connectivity index (χ1) is 5.72. The van der Waals surface area contributed by atoms with Gasteiger partial charge in [0.25, 0.3) is 0 Å². The minimum Gasteiger partial charge on any atom is -0.369 e. The highest BCUT2D eigenvalue weighted by Gasteiger charge is 2.18. The van der Waals surface area contributed by atoms with Gasteiger partial charge >= 0.3 is 0 Å². The maximum Gasteiger partial charge on any atom is 0.231 e. The molecule has 1 heterocycles. The van der Waals surface area contributed by atoms with E-state index < -0.39 is 0 Å². The number of hydrogen-bond acceptors (Lipinski definition) is 3. The summed E-state index contributed by atoms with van der Waals surface area (Å²) in [5, 5.41) is 0.786. The van der Waals surface area contributed by atoms with Crippen LogP contribution in [0.25, 0.3) is 0 Å². The molecule has 2 N–H and O–H groups in total. The monoisotopic (exact) mass is 188 g/mol. The molecule has 4 heteroatoms. The SMILES string of the molecule is CSC1CCN(CC(N)=O)CC1. The molecule has 70 valence electrons. The van der Waals surface area contributed by atoms with Crippen molar-refractivity contribution in [3.63, 3.8) is 0 Å². The quantitative estimate of drug-likeness (QED) is 0.693. The third kappa shape index (κ3) is 3.03. The average Bonchev–Trinajstić information content (AvgIpc) is 2.05. The molecule has 1 rings (SSSR count). The van der Waals surface area contributed by atoms with Crippen LogP contribution in [0.4, 0.5) is 0 Å². The fourth-order valence-electron chi connectivity index (χ4n) is 1.52. The van der Waals surface area contributed by atoms with E-state index in [1.54, 1.807) is 0 Å². The van der Waals surface area contributed by atoms with Crippen LogP contribution in [0, 0.1) is 0 Å². The van der Waals surface area contributed by atoms with Gasteiger partial charge in [-0.3, -0.25) is 9.69 Å². The maximum absolute atomic E-state index is 10.6. The molecule has 1 aliphatic heterocycles. The first-order valence-corrected chi connectivity index (χ1v) is 5.54. The van der Waals surface area contributed by atoms with Crippen LogP contribution in [0.15, 0.2) is 0 Å². The van der Waals surface area contributed by atoms with Crippen LogP contribution in [-0.2, 0) is 4.79 Å². The van der Waals surface area contributed by atoms with E-state index in [9.17, 15) is 4.79 Å². The summed E-state index contributed by atoms with van der Waals surface area (Å²) in [6.07, 6.45) is 4.53. The van der Waals surface area contributed by atoms with Crippen molar-refractivity contribution in [1.82, 2.24) is 4.90 Å². The number of likely N-dealkylation sites (tertiary alicyclic amines) is 1.